The van der Waals surface area contributed by atoms with Crippen LogP contribution in [0.25, 0.3) is 11.0 Å². The summed E-state index contributed by atoms with van der Waals surface area (Å²) in [5.74, 6) is 1.02. The van der Waals surface area contributed by atoms with Crippen molar-refractivity contribution in [2.45, 2.75) is 20.4 Å². The van der Waals surface area contributed by atoms with Gasteiger partial charge in [0.15, 0.2) is 5.78 Å². The maximum atomic E-state index is 12.7. The van der Waals surface area contributed by atoms with Crippen LogP contribution in [0.2, 0.25) is 0 Å². The third-order valence-corrected chi connectivity index (χ3v) is 4.13. The first-order valence-electron chi connectivity index (χ1n) is 7.59. The summed E-state index contributed by atoms with van der Waals surface area (Å²) in [6, 6.07) is 9.12. The molecule has 0 saturated heterocycles. The fourth-order valence-corrected chi connectivity index (χ4v) is 2.59. The number of carbonyl (C=O) groups is 1. The first-order valence-corrected chi connectivity index (χ1v) is 7.59. The minimum absolute atomic E-state index is 0.0977. The van der Waals surface area contributed by atoms with Gasteiger partial charge >= 0.3 is 0 Å². The van der Waals surface area contributed by atoms with Crippen LogP contribution < -0.4 is 9.47 Å². The van der Waals surface area contributed by atoms with E-state index in [-0.39, 0.29) is 12.3 Å². The van der Waals surface area contributed by atoms with E-state index in [2.05, 4.69) is 10.3 Å². The van der Waals surface area contributed by atoms with Gasteiger partial charge in [-0.05, 0) is 49.2 Å². The Labute approximate surface area is 140 Å². The summed E-state index contributed by atoms with van der Waals surface area (Å²) in [4.78, 5) is 12.7. The molecule has 2 aromatic carbocycles. The smallest absolute Gasteiger partial charge is 0.188 e. The zero-order valence-electron chi connectivity index (χ0n) is 14.2. The van der Waals surface area contributed by atoms with Crippen LogP contribution in [0.4, 0.5) is 0 Å². The molecule has 3 aromatic rings. The molecular formula is C18H19N3O3. The van der Waals surface area contributed by atoms with Crippen molar-refractivity contribution in [3.8, 4) is 11.5 Å². The van der Waals surface area contributed by atoms with E-state index in [0.717, 1.165) is 22.2 Å². The van der Waals surface area contributed by atoms with Crippen molar-refractivity contribution in [3.05, 3.63) is 47.0 Å². The number of aromatic nitrogens is 3. The summed E-state index contributed by atoms with van der Waals surface area (Å²) in [5, 5.41) is 8.26. The molecule has 0 aliphatic heterocycles. The molecule has 0 N–H and O–H groups in total. The summed E-state index contributed by atoms with van der Waals surface area (Å²) in [5.41, 5.74) is 4.41. The molecule has 0 bridgehead atoms. The number of aryl methyl sites for hydroxylation is 2. The van der Waals surface area contributed by atoms with E-state index in [1.165, 1.54) is 7.11 Å². The Balaban J connectivity index is 1.94. The van der Waals surface area contributed by atoms with Crippen LogP contribution in [0.3, 0.4) is 0 Å². The van der Waals surface area contributed by atoms with Crippen molar-refractivity contribution in [2.75, 3.05) is 14.2 Å². The Kier molecular flexibility index (Phi) is 4.20. The number of ether oxygens (including phenoxy) is 2. The van der Waals surface area contributed by atoms with Crippen LogP contribution in [0.1, 0.15) is 21.5 Å². The minimum atomic E-state index is -0.0977. The fraction of sp³-hybridized carbons (Fsp3) is 0.278. The lowest BCUT2D eigenvalue weighted by Gasteiger charge is -2.10. The van der Waals surface area contributed by atoms with Gasteiger partial charge in [-0.15, -0.1) is 5.10 Å². The lowest BCUT2D eigenvalue weighted by molar-refractivity contribution is 0.0965. The highest BCUT2D eigenvalue weighted by molar-refractivity contribution is 5.99. The summed E-state index contributed by atoms with van der Waals surface area (Å²) in [7, 11) is 3.10. The second-order valence-electron chi connectivity index (χ2n) is 5.66. The Morgan fingerprint density at radius 2 is 1.83 bits per heavy atom. The van der Waals surface area contributed by atoms with E-state index in [1.54, 1.807) is 30.0 Å². The number of hydrogen-bond donors (Lipinski definition) is 0. The number of hydrogen-bond acceptors (Lipinski definition) is 5. The van der Waals surface area contributed by atoms with Gasteiger partial charge in [-0.3, -0.25) is 4.79 Å². The molecule has 6 heteroatoms. The fourth-order valence-electron chi connectivity index (χ4n) is 2.59. The van der Waals surface area contributed by atoms with E-state index in [0.29, 0.717) is 17.1 Å². The summed E-state index contributed by atoms with van der Waals surface area (Å²) >= 11 is 0. The van der Waals surface area contributed by atoms with Gasteiger partial charge in [0, 0.05) is 6.07 Å². The van der Waals surface area contributed by atoms with Crippen molar-refractivity contribution in [3.63, 3.8) is 0 Å². The zero-order valence-corrected chi connectivity index (χ0v) is 14.2. The lowest BCUT2D eigenvalue weighted by Crippen LogP contribution is -2.13. The monoisotopic (exact) mass is 325 g/mol. The SMILES string of the molecule is COc1ccc(C(=O)Cn2nnc3cc(C)c(C)cc32)c(OC)c1. The van der Waals surface area contributed by atoms with Gasteiger partial charge in [0.25, 0.3) is 0 Å². The highest BCUT2D eigenvalue weighted by atomic mass is 16.5. The highest BCUT2D eigenvalue weighted by Crippen LogP contribution is 2.26. The van der Waals surface area contributed by atoms with Crippen molar-refractivity contribution >= 4 is 16.8 Å². The largest absolute Gasteiger partial charge is 0.497 e. The molecule has 3 rings (SSSR count). The number of methoxy groups -OCH3 is 2. The molecule has 0 aliphatic carbocycles. The van der Waals surface area contributed by atoms with Crippen LogP contribution in [-0.2, 0) is 6.54 Å². The van der Waals surface area contributed by atoms with Crippen LogP contribution >= 0.6 is 0 Å². The maximum absolute atomic E-state index is 12.7. The number of carbonyl (C=O) groups excluding carboxylic acids is 1. The van der Waals surface area contributed by atoms with Crippen LogP contribution in [0.5, 0.6) is 11.5 Å². The Morgan fingerprint density at radius 3 is 2.54 bits per heavy atom. The predicted molar refractivity (Wildman–Crippen MR) is 90.9 cm³/mol. The normalized spacial score (nSPS) is 10.8. The van der Waals surface area contributed by atoms with Crippen molar-refractivity contribution in [1.29, 1.82) is 0 Å². The number of ketones is 1. The second kappa shape index (κ2) is 6.31. The quantitative estimate of drug-likeness (QED) is 0.675. The molecule has 0 atom stereocenters. The summed E-state index contributed by atoms with van der Waals surface area (Å²) in [6.07, 6.45) is 0. The minimum Gasteiger partial charge on any atom is -0.497 e. The van der Waals surface area contributed by atoms with E-state index in [9.17, 15) is 4.79 Å². The Hall–Kier alpha value is -2.89. The molecule has 1 aromatic heterocycles. The number of nitrogens with zero attached hydrogens (tertiary/aromatic N) is 3. The Morgan fingerprint density at radius 1 is 1.08 bits per heavy atom. The van der Waals surface area contributed by atoms with Crippen LogP contribution in [0.15, 0.2) is 30.3 Å². The number of Topliss-reactive ketones (excluding diaryl/α,β-unsaturated/α-hetero) is 1. The zero-order chi connectivity index (χ0) is 17.3. The van der Waals surface area contributed by atoms with Gasteiger partial charge in [0.1, 0.15) is 23.6 Å². The van der Waals surface area contributed by atoms with Crippen molar-refractivity contribution < 1.29 is 14.3 Å². The average Bonchev–Trinajstić information content (AvgIpc) is 2.96. The van der Waals surface area contributed by atoms with Gasteiger partial charge in [-0.1, -0.05) is 5.21 Å². The van der Waals surface area contributed by atoms with E-state index < -0.39 is 0 Å². The van der Waals surface area contributed by atoms with Crippen molar-refractivity contribution in [2.24, 2.45) is 0 Å². The van der Waals surface area contributed by atoms with E-state index in [4.69, 9.17) is 9.47 Å². The number of rotatable bonds is 5. The molecule has 0 amide bonds. The molecule has 0 saturated carbocycles. The van der Waals surface area contributed by atoms with E-state index >= 15 is 0 Å². The molecule has 0 spiro atoms. The third-order valence-electron chi connectivity index (χ3n) is 4.13. The molecule has 0 aliphatic rings. The average molecular weight is 325 g/mol. The molecular weight excluding hydrogens is 306 g/mol. The summed E-state index contributed by atoms with van der Waals surface area (Å²) < 4.78 is 12.1. The maximum Gasteiger partial charge on any atom is 0.188 e. The predicted octanol–water partition coefficient (Wildman–Crippen LogP) is 2.95. The Bertz CT molecular complexity index is 915. The molecule has 0 radical (unpaired) electrons. The van der Waals surface area contributed by atoms with Gasteiger partial charge in [0.05, 0.1) is 25.3 Å². The van der Waals surface area contributed by atoms with E-state index in [1.807, 2.05) is 26.0 Å². The van der Waals surface area contributed by atoms with Gasteiger partial charge in [-0.2, -0.15) is 0 Å². The van der Waals surface area contributed by atoms with Crippen LogP contribution in [-0.4, -0.2) is 35.0 Å². The highest BCUT2D eigenvalue weighted by Gasteiger charge is 2.16. The first kappa shape index (κ1) is 16.0. The number of fused-ring (bicyclic) bond motifs is 1. The molecule has 124 valence electrons. The van der Waals surface area contributed by atoms with Gasteiger partial charge in [0.2, 0.25) is 0 Å². The second-order valence-corrected chi connectivity index (χ2v) is 5.66. The van der Waals surface area contributed by atoms with Crippen LogP contribution in [0, 0.1) is 13.8 Å². The first-order chi connectivity index (χ1) is 11.5. The van der Waals surface area contributed by atoms with Crippen molar-refractivity contribution in [1.82, 2.24) is 15.0 Å². The standard InChI is InChI=1S/C18H19N3O3/c1-11-7-15-16(8-12(11)2)21(20-19-15)10-17(22)14-6-5-13(23-3)9-18(14)24-4/h5-9H,10H2,1-4H3. The number of benzene rings is 2. The third kappa shape index (κ3) is 2.82. The van der Waals surface area contributed by atoms with Gasteiger partial charge in [-0.25, -0.2) is 4.68 Å². The molecule has 1 heterocycles. The van der Waals surface area contributed by atoms with Gasteiger partial charge < -0.3 is 9.47 Å². The topological polar surface area (TPSA) is 66.2 Å². The summed E-state index contributed by atoms with van der Waals surface area (Å²) in [6.45, 7) is 4.16. The molecule has 24 heavy (non-hydrogen) atoms. The lowest BCUT2D eigenvalue weighted by atomic mass is 10.1. The molecule has 6 nitrogen and oxygen atoms in total. The molecule has 0 fully saturated rings. The molecule has 0 unspecified atom stereocenters.